The maximum absolute atomic E-state index is 12.2. The molecule has 9 nitrogen and oxygen atoms in total. The molecular formula is C28H39N3O6. The predicted molar refractivity (Wildman–Crippen MR) is 141 cm³/mol. The van der Waals surface area contributed by atoms with Gasteiger partial charge >= 0.3 is 5.97 Å². The minimum atomic E-state index is -1.11. The summed E-state index contributed by atoms with van der Waals surface area (Å²) in [6.07, 6.45) is 8.75. The molecule has 4 N–H and O–H groups in total. The largest absolute Gasteiger partial charge is 0.507 e. The number of phenols is 1. The first-order valence-corrected chi connectivity index (χ1v) is 13.0. The molecule has 0 bridgehead atoms. The number of benzene rings is 1. The highest BCUT2D eigenvalue weighted by atomic mass is 16.5. The van der Waals surface area contributed by atoms with Crippen LogP contribution in [0.2, 0.25) is 0 Å². The molecule has 3 rings (SSSR count). The van der Waals surface area contributed by atoms with Crippen LogP contribution in [0.25, 0.3) is 0 Å². The number of ether oxygens (including phenoxy) is 1. The van der Waals surface area contributed by atoms with Gasteiger partial charge in [-0.15, -0.1) is 0 Å². The van der Waals surface area contributed by atoms with Crippen molar-refractivity contribution < 1.29 is 29.3 Å². The van der Waals surface area contributed by atoms with Crippen molar-refractivity contribution in [2.24, 2.45) is 4.99 Å². The van der Waals surface area contributed by atoms with Crippen molar-refractivity contribution in [1.82, 2.24) is 10.6 Å². The number of aliphatic carboxylic acids is 1. The van der Waals surface area contributed by atoms with Crippen LogP contribution in [-0.2, 0) is 20.8 Å². The molecule has 37 heavy (non-hydrogen) atoms. The van der Waals surface area contributed by atoms with E-state index in [0.29, 0.717) is 30.7 Å². The van der Waals surface area contributed by atoms with Crippen LogP contribution in [0.3, 0.4) is 0 Å². The standard InChI is InChI=1S/C28H39N3O6/c1-17-18(2)26-21(19(3)25(17)34)10-13-28(4,37-26)12-6-5-9-23(32)30-15-11-24(33)31-22(27(35)36)16-20-8-7-14-29-20/h8,14,22,34H,5-7,9-13,15-16H2,1-4H3,(H,30,32)(H,31,33)(H,35,36)/t22?,28-/m1/s1. The van der Waals surface area contributed by atoms with Crippen molar-refractivity contribution in [2.75, 3.05) is 6.54 Å². The molecule has 2 aliphatic rings. The lowest BCUT2D eigenvalue weighted by Crippen LogP contribution is -2.42. The van der Waals surface area contributed by atoms with Crippen molar-refractivity contribution in [3.63, 3.8) is 0 Å². The fourth-order valence-corrected chi connectivity index (χ4v) is 4.88. The molecule has 0 saturated heterocycles. The Labute approximate surface area is 218 Å². The van der Waals surface area contributed by atoms with E-state index in [-0.39, 0.29) is 30.9 Å². The number of hydrogen-bond acceptors (Lipinski definition) is 6. The number of hydrogen-bond donors (Lipinski definition) is 4. The summed E-state index contributed by atoms with van der Waals surface area (Å²) in [5.74, 6) is -0.434. The molecule has 2 amide bonds. The summed E-state index contributed by atoms with van der Waals surface area (Å²) in [7, 11) is 0. The van der Waals surface area contributed by atoms with Crippen LogP contribution in [0.5, 0.6) is 11.5 Å². The highest BCUT2D eigenvalue weighted by Crippen LogP contribution is 2.44. The van der Waals surface area contributed by atoms with Crippen LogP contribution < -0.4 is 15.4 Å². The minimum Gasteiger partial charge on any atom is -0.507 e. The number of nitrogens with one attached hydrogen (secondary N) is 2. The summed E-state index contributed by atoms with van der Waals surface area (Å²) >= 11 is 0. The predicted octanol–water partition coefficient (Wildman–Crippen LogP) is 3.79. The molecule has 2 heterocycles. The number of allylic oxidation sites excluding steroid dienone is 1. The van der Waals surface area contributed by atoms with Gasteiger partial charge in [0.1, 0.15) is 23.1 Å². The van der Waals surface area contributed by atoms with E-state index in [1.165, 1.54) is 0 Å². The van der Waals surface area contributed by atoms with E-state index in [0.717, 1.165) is 53.7 Å². The topological polar surface area (TPSA) is 137 Å². The molecule has 9 heteroatoms. The van der Waals surface area contributed by atoms with Gasteiger partial charge in [-0.05, 0) is 76.5 Å². The van der Waals surface area contributed by atoms with Crippen LogP contribution in [-0.4, -0.2) is 52.4 Å². The Balaban J connectivity index is 1.36. The molecule has 0 spiro atoms. The number of carboxylic acids is 1. The van der Waals surface area contributed by atoms with E-state index in [1.807, 2.05) is 26.8 Å². The lowest BCUT2D eigenvalue weighted by atomic mass is 9.84. The van der Waals surface area contributed by atoms with Gasteiger partial charge in [0, 0.05) is 49.7 Å². The molecule has 2 aliphatic heterocycles. The van der Waals surface area contributed by atoms with Crippen molar-refractivity contribution >= 4 is 24.0 Å². The fourth-order valence-electron chi connectivity index (χ4n) is 4.88. The number of unbranched alkanes of at least 4 members (excludes halogenated alkanes) is 1. The Kier molecular flexibility index (Phi) is 9.34. The van der Waals surface area contributed by atoms with Gasteiger partial charge in [0.25, 0.3) is 0 Å². The van der Waals surface area contributed by atoms with E-state index in [2.05, 4.69) is 22.5 Å². The summed E-state index contributed by atoms with van der Waals surface area (Å²) < 4.78 is 6.45. The van der Waals surface area contributed by atoms with E-state index in [9.17, 15) is 24.6 Å². The third-order valence-electron chi connectivity index (χ3n) is 7.39. The second kappa shape index (κ2) is 12.3. The molecule has 0 fully saturated rings. The lowest BCUT2D eigenvalue weighted by molar-refractivity contribution is -0.141. The molecule has 0 saturated carbocycles. The number of rotatable bonds is 12. The molecule has 0 aromatic heterocycles. The lowest BCUT2D eigenvalue weighted by Gasteiger charge is -2.38. The molecule has 0 aliphatic carbocycles. The van der Waals surface area contributed by atoms with E-state index in [1.54, 1.807) is 6.21 Å². The normalized spacial score (nSPS) is 19.0. The number of carbonyl (C=O) groups excluding carboxylic acids is 2. The molecule has 1 aromatic rings. The summed E-state index contributed by atoms with van der Waals surface area (Å²) in [5.41, 5.74) is 4.14. The van der Waals surface area contributed by atoms with Crippen molar-refractivity contribution in [3.8, 4) is 11.5 Å². The highest BCUT2D eigenvalue weighted by molar-refractivity contribution is 5.84. The Bertz CT molecular complexity index is 1110. The van der Waals surface area contributed by atoms with Crippen LogP contribution in [0.4, 0.5) is 0 Å². The molecule has 1 unspecified atom stereocenters. The second-order valence-corrected chi connectivity index (χ2v) is 10.3. The first-order valence-electron chi connectivity index (χ1n) is 13.0. The SMILES string of the molecule is Cc1c(C)c2c(c(C)c1O)CC[C@@](C)(CCCCC(=O)NCCC(=O)NC(CC1=CCC=N1)C(=O)O)O2. The van der Waals surface area contributed by atoms with Gasteiger partial charge in [0.2, 0.25) is 11.8 Å². The number of fused-ring (bicyclic) bond motifs is 1. The van der Waals surface area contributed by atoms with E-state index >= 15 is 0 Å². The summed E-state index contributed by atoms with van der Waals surface area (Å²) in [6.45, 7) is 8.07. The number of aromatic hydroxyl groups is 1. The first kappa shape index (κ1) is 28.2. The van der Waals surface area contributed by atoms with Crippen LogP contribution in [0.1, 0.15) is 80.5 Å². The monoisotopic (exact) mass is 513 g/mol. The second-order valence-electron chi connectivity index (χ2n) is 10.3. The summed E-state index contributed by atoms with van der Waals surface area (Å²) in [5, 5.41) is 24.9. The van der Waals surface area contributed by atoms with Gasteiger partial charge in [-0.25, -0.2) is 4.79 Å². The molecule has 2 atom stereocenters. The van der Waals surface area contributed by atoms with Crippen molar-refractivity contribution in [3.05, 3.63) is 34.0 Å². The summed E-state index contributed by atoms with van der Waals surface area (Å²) in [6, 6.07) is -1.04. The Morgan fingerprint density at radius 2 is 1.86 bits per heavy atom. The van der Waals surface area contributed by atoms with Gasteiger partial charge in [0.05, 0.1) is 0 Å². The maximum Gasteiger partial charge on any atom is 0.326 e. The van der Waals surface area contributed by atoms with Gasteiger partial charge < -0.3 is 25.6 Å². The van der Waals surface area contributed by atoms with Crippen LogP contribution in [0.15, 0.2) is 16.8 Å². The Morgan fingerprint density at radius 1 is 1.11 bits per heavy atom. The van der Waals surface area contributed by atoms with Gasteiger partial charge in [-0.1, -0.05) is 6.08 Å². The zero-order chi connectivity index (χ0) is 27.2. The number of phenolic OH excluding ortho intramolecular Hbond substituents is 1. The number of carboxylic acid groups (broad SMARTS) is 1. The van der Waals surface area contributed by atoms with E-state index < -0.39 is 17.9 Å². The number of carbonyl (C=O) groups is 3. The Hall–Kier alpha value is -3.36. The zero-order valence-corrected chi connectivity index (χ0v) is 22.3. The minimum absolute atomic E-state index is 0.0108. The third-order valence-corrected chi connectivity index (χ3v) is 7.39. The number of amides is 2. The third kappa shape index (κ3) is 7.33. The fraction of sp³-hybridized carbons (Fsp3) is 0.571. The smallest absolute Gasteiger partial charge is 0.326 e. The molecular weight excluding hydrogens is 474 g/mol. The summed E-state index contributed by atoms with van der Waals surface area (Å²) in [4.78, 5) is 39.9. The Morgan fingerprint density at radius 3 is 2.54 bits per heavy atom. The average Bonchev–Trinajstić information content (AvgIpc) is 3.37. The molecule has 202 valence electrons. The van der Waals surface area contributed by atoms with Crippen LogP contribution >= 0.6 is 0 Å². The molecule has 1 aromatic carbocycles. The van der Waals surface area contributed by atoms with Gasteiger partial charge in [-0.3, -0.25) is 14.6 Å². The number of nitrogens with zero attached hydrogens (tertiary/aromatic N) is 1. The zero-order valence-electron chi connectivity index (χ0n) is 22.3. The quantitative estimate of drug-likeness (QED) is 0.314. The van der Waals surface area contributed by atoms with E-state index in [4.69, 9.17) is 4.74 Å². The number of aliphatic imine (C=N–C) groups is 1. The van der Waals surface area contributed by atoms with Crippen molar-refractivity contribution in [1.29, 1.82) is 0 Å². The van der Waals surface area contributed by atoms with Gasteiger partial charge in [0.15, 0.2) is 0 Å². The first-order chi connectivity index (χ1) is 17.5. The maximum atomic E-state index is 12.2. The highest BCUT2D eigenvalue weighted by Gasteiger charge is 2.34. The molecule has 0 radical (unpaired) electrons. The average molecular weight is 514 g/mol. The van der Waals surface area contributed by atoms with Crippen molar-refractivity contribution in [2.45, 2.75) is 97.1 Å². The van der Waals surface area contributed by atoms with Crippen LogP contribution in [0, 0.1) is 20.8 Å². The van der Waals surface area contributed by atoms with Gasteiger partial charge in [-0.2, -0.15) is 0 Å².